The summed E-state index contributed by atoms with van der Waals surface area (Å²) in [5, 5.41) is 24.4. The Morgan fingerprint density at radius 1 is 0.889 bits per heavy atom. The van der Waals surface area contributed by atoms with Crippen molar-refractivity contribution in [3.63, 3.8) is 0 Å². The van der Waals surface area contributed by atoms with E-state index in [0.29, 0.717) is 17.8 Å². The number of nitro groups is 1. The molecule has 178 valence electrons. The number of aliphatic imine (C=N–C) groups is 1. The highest BCUT2D eigenvalue weighted by Gasteiger charge is 2.32. The van der Waals surface area contributed by atoms with Crippen molar-refractivity contribution in [3.8, 4) is 0 Å². The zero-order chi connectivity index (χ0) is 25.1. The number of carbonyl (C=O) groups is 1. The summed E-state index contributed by atoms with van der Waals surface area (Å²) in [6, 6.07) is 29.5. The number of rotatable bonds is 5. The standard InChI is InChI=1S/C30H24N2O4/c33-28(18-22-11-6-10-21-9-4-5-12-26(21)22)30-27(31-24-13-15-25(16-14-24)32(35)36)17-23(19-29(30)34)20-7-2-1-3-8-20/h1-16,23,33H,17-19H2/b30-28+,31-27?. The first-order valence-corrected chi connectivity index (χ1v) is 11.8. The van der Waals surface area contributed by atoms with Crippen LogP contribution in [0.15, 0.2) is 113 Å². The molecule has 1 fully saturated rings. The van der Waals surface area contributed by atoms with E-state index in [1.807, 2.05) is 72.8 Å². The largest absolute Gasteiger partial charge is 0.511 e. The Bertz CT molecular complexity index is 1500. The van der Waals surface area contributed by atoms with E-state index >= 15 is 0 Å². The lowest BCUT2D eigenvalue weighted by Crippen LogP contribution is -2.27. The van der Waals surface area contributed by atoms with Gasteiger partial charge >= 0.3 is 0 Å². The molecule has 5 rings (SSSR count). The van der Waals surface area contributed by atoms with E-state index in [4.69, 9.17) is 4.99 Å². The van der Waals surface area contributed by atoms with Crippen LogP contribution in [-0.2, 0) is 11.2 Å². The summed E-state index contributed by atoms with van der Waals surface area (Å²) in [4.78, 5) is 28.7. The lowest BCUT2D eigenvalue weighted by molar-refractivity contribution is -0.384. The number of Topliss-reactive ketones (excluding diaryl/α,β-unsaturated/α-hetero) is 1. The maximum atomic E-state index is 13.4. The number of ketones is 1. The molecule has 1 saturated carbocycles. The van der Waals surface area contributed by atoms with Gasteiger partial charge in [-0.2, -0.15) is 0 Å². The van der Waals surface area contributed by atoms with Crippen LogP contribution in [0.4, 0.5) is 11.4 Å². The van der Waals surface area contributed by atoms with E-state index in [0.717, 1.165) is 21.9 Å². The molecular weight excluding hydrogens is 452 g/mol. The molecule has 6 heteroatoms. The number of aliphatic hydroxyl groups is 1. The van der Waals surface area contributed by atoms with Gasteiger partial charge in [0.2, 0.25) is 0 Å². The van der Waals surface area contributed by atoms with Gasteiger partial charge in [0.1, 0.15) is 5.76 Å². The number of hydrogen-bond donors (Lipinski definition) is 1. The maximum Gasteiger partial charge on any atom is 0.269 e. The van der Waals surface area contributed by atoms with Crippen LogP contribution < -0.4 is 0 Å². The highest BCUT2D eigenvalue weighted by Crippen LogP contribution is 2.35. The highest BCUT2D eigenvalue weighted by molar-refractivity contribution is 6.25. The molecule has 0 spiro atoms. The number of nitro benzene ring substituents is 1. The number of allylic oxidation sites excluding steroid dienone is 2. The van der Waals surface area contributed by atoms with Crippen molar-refractivity contribution in [3.05, 3.63) is 130 Å². The van der Waals surface area contributed by atoms with Crippen molar-refractivity contribution in [1.29, 1.82) is 0 Å². The van der Waals surface area contributed by atoms with Gasteiger partial charge in [-0.1, -0.05) is 72.8 Å². The van der Waals surface area contributed by atoms with Gasteiger partial charge in [0.25, 0.3) is 5.69 Å². The molecule has 1 atom stereocenters. The third kappa shape index (κ3) is 4.79. The van der Waals surface area contributed by atoms with Gasteiger partial charge in [0.15, 0.2) is 5.78 Å². The number of aliphatic hydroxyl groups excluding tert-OH is 1. The Labute approximate surface area is 208 Å². The fourth-order valence-electron chi connectivity index (χ4n) is 4.80. The average Bonchev–Trinajstić information content (AvgIpc) is 2.89. The number of carbonyl (C=O) groups excluding carboxylic acids is 1. The molecule has 0 aliphatic heterocycles. The second kappa shape index (κ2) is 9.96. The number of non-ortho nitro benzene ring substituents is 1. The van der Waals surface area contributed by atoms with Crippen LogP contribution in [-0.4, -0.2) is 21.5 Å². The van der Waals surface area contributed by atoms with Crippen LogP contribution in [0.5, 0.6) is 0 Å². The number of fused-ring (bicyclic) bond motifs is 1. The molecule has 1 aliphatic rings. The first kappa shape index (κ1) is 23.2. The third-order valence-corrected chi connectivity index (χ3v) is 6.56. The van der Waals surface area contributed by atoms with Gasteiger partial charge < -0.3 is 5.11 Å². The van der Waals surface area contributed by atoms with Gasteiger partial charge in [0.05, 0.1) is 21.9 Å². The Hall–Kier alpha value is -4.58. The van der Waals surface area contributed by atoms with Crippen molar-refractivity contribution >= 4 is 33.6 Å². The molecular formula is C30H24N2O4. The summed E-state index contributed by atoms with van der Waals surface area (Å²) in [5.74, 6) is -0.235. The monoisotopic (exact) mass is 476 g/mol. The molecule has 0 bridgehead atoms. The maximum absolute atomic E-state index is 13.4. The second-order valence-corrected chi connectivity index (χ2v) is 8.91. The predicted molar refractivity (Wildman–Crippen MR) is 141 cm³/mol. The zero-order valence-electron chi connectivity index (χ0n) is 19.5. The number of nitrogens with zero attached hydrogens (tertiary/aromatic N) is 2. The van der Waals surface area contributed by atoms with Crippen molar-refractivity contribution < 1.29 is 14.8 Å². The van der Waals surface area contributed by atoms with Crippen molar-refractivity contribution in [2.45, 2.75) is 25.2 Å². The molecule has 0 saturated heterocycles. The highest BCUT2D eigenvalue weighted by atomic mass is 16.6. The van der Waals surface area contributed by atoms with Crippen LogP contribution >= 0.6 is 0 Å². The molecule has 6 nitrogen and oxygen atoms in total. The SMILES string of the molecule is O=C1CC(c2ccccc2)CC(=Nc2ccc([N+](=O)[O-])cc2)/C1=C(\O)Cc1cccc2ccccc12. The summed E-state index contributed by atoms with van der Waals surface area (Å²) in [6.07, 6.45) is 0.956. The topological polar surface area (TPSA) is 92.8 Å². The van der Waals surface area contributed by atoms with Crippen molar-refractivity contribution in [1.82, 2.24) is 0 Å². The fraction of sp³-hybridized carbons (Fsp3) is 0.133. The molecule has 1 aliphatic carbocycles. The van der Waals surface area contributed by atoms with Crippen LogP contribution in [0.2, 0.25) is 0 Å². The minimum absolute atomic E-state index is 0.0106. The van der Waals surface area contributed by atoms with Gasteiger partial charge in [-0.15, -0.1) is 0 Å². The Morgan fingerprint density at radius 2 is 1.58 bits per heavy atom. The van der Waals surface area contributed by atoms with Crippen molar-refractivity contribution in [2.75, 3.05) is 0 Å². The summed E-state index contributed by atoms with van der Waals surface area (Å²) < 4.78 is 0. The lowest BCUT2D eigenvalue weighted by Gasteiger charge is -2.26. The van der Waals surface area contributed by atoms with Gasteiger partial charge in [-0.25, -0.2) is 0 Å². The fourth-order valence-corrected chi connectivity index (χ4v) is 4.80. The molecule has 0 amide bonds. The molecule has 1 unspecified atom stereocenters. The van der Waals surface area contributed by atoms with Gasteiger partial charge in [0, 0.05) is 25.0 Å². The summed E-state index contributed by atoms with van der Waals surface area (Å²) in [6.45, 7) is 0. The molecule has 36 heavy (non-hydrogen) atoms. The van der Waals surface area contributed by atoms with E-state index in [2.05, 4.69) is 0 Å². The minimum atomic E-state index is -0.464. The van der Waals surface area contributed by atoms with E-state index in [1.165, 1.54) is 12.1 Å². The van der Waals surface area contributed by atoms with E-state index in [1.54, 1.807) is 12.1 Å². The Balaban J connectivity index is 1.56. The third-order valence-electron chi connectivity index (χ3n) is 6.56. The number of benzene rings is 4. The van der Waals surface area contributed by atoms with Crippen LogP contribution in [0.1, 0.15) is 29.9 Å². The van der Waals surface area contributed by atoms with Crippen LogP contribution in [0, 0.1) is 10.1 Å². The quantitative estimate of drug-likeness (QED) is 0.145. The minimum Gasteiger partial charge on any atom is -0.511 e. The molecule has 0 radical (unpaired) electrons. The lowest BCUT2D eigenvalue weighted by atomic mass is 9.78. The van der Waals surface area contributed by atoms with E-state index in [9.17, 15) is 20.0 Å². The van der Waals surface area contributed by atoms with Crippen LogP contribution in [0.3, 0.4) is 0 Å². The van der Waals surface area contributed by atoms with Gasteiger partial charge in [-0.3, -0.25) is 19.9 Å². The normalized spacial score (nSPS) is 18.4. The Kier molecular flexibility index (Phi) is 6.41. The molecule has 1 N–H and O–H groups in total. The smallest absolute Gasteiger partial charge is 0.269 e. The molecule has 0 aromatic heterocycles. The van der Waals surface area contributed by atoms with Gasteiger partial charge in [-0.05, 0) is 46.4 Å². The predicted octanol–water partition coefficient (Wildman–Crippen LogP) is 7.02. The van der Waals surface area contributed by atoms with E-state index in [-0.39, 0.29) is 41.6 Å². The summed E-state index contributed by atoms with van der Waals surface area (Å²) in [7, 11) is 0. The average molecular weight is 477 g/mol. The number of hydrogen-bond acceptors (Lipinski definition) is 5. The molecule has 4 aromatic carbocycles. The molecule has 0 heterocycles. The Morgan fingerprint density at radius 3 is 2.33 bits per heavy atom. The van der Waals surface area contributed by atoms with Crippen molar-refractivity contribution in [2.24, 2.45) is 4.99 Å². The second-order valence-electron chi connectivity index (χ2n) is 8.91. The van der Waals surface area contributed by atoms with Crippen LogP contribution in [0.25, 0.3) is 10.8 Å². The first-order chi connectivity index (χ1) is 17.5. The summed E-state index contributed by atoms with van der Waals surface area (Å²) in [5.41, 5.74) is 3.16. The van der Waals surface area contributed by atoms with E-state index < -0.39 is 4.92 Å². The molecule has 4 aromatic rings. The summed E-state index contributed by atoms with van der Waals surface area (Å²) >= 11 is 0. The first-order valence-electron chi connectivity index (χ1n) is 11.8. The zero-order valence-corrected chi connectivity index (χ0v) is 19.5.